The fraction of sp³-hybridized carbons (Fsp3) is 0.312. The molecule has 1 aromatic carbocycles. The Hall–Kier alpha value is -2.21. The summed E-state index contributed by atoms with van der Waals surface area (Å²) in [6.07, 6.45) is 0.432. The molecule has 1 amide bonds. The summed E-state index contributed by atoms with van der Waals surface area (Å²) in [7, 11) is 0. The van der Waals surface area contributed by atoms with Gasteiger partial charge >= 0.3 is 5.97 Å². The second kappa shape index (κ2) is 5.88. The first-order chi connectivity index (χ1) is 10.6. The topological polar surface area (TPSA) is 79.3 Å². The Balaban J connectivity index is 1.64. The Kier molecular flexibility index (Phi) is 3.94. The fourth-order valence-corrected chi connectivity index (χ4v) is 3.20. The number of benzene rings is 1. The van der Waals surface area contributed by atoms with Crippen molar-refractivity contribution in [3.63, 3.8) is 0 Å². The van der Waals surface area contributed by atoms with Gasteiger partial charge in [-0.05, 0) is 13.3 Å². The molecular weight excluding hydrogens is 300 g/mol. The van der Waals surface area contributed by atoms with Crippen LogP contribution >= 0.6 is 11.3 Å². The molecule has 1 aliphatic rings. The minimum atomic E-state index is -0.895. The van der Waals surface area contributed by atoms with Gasteiger partial charge in [0, 0.05) is 10.9 Å². The molecule has 0 spiro atoms. The normalized spacial score (nSPS) is 21.1. The average Bonchev–Trinajstić information content (AvgIpc) is 3.18. The number of carbonyl (C=O) groups is 2. The second-order valence-electron chi connectivity index (χ2n) is 5.45. The number of aromatic nitrogens is 1. The first kappa shape index (κ1) is 14.7. The first-order valence-corrected chi connectivity index (χ1v) is 7.98. The average molecular weight is 316 g/mol. The van der Waals surface area contributed by atoms with E-state index in [-0.39, 0.29) is 11.9 Å². The molecule has 3 rings (SSSR count). The lowest BCUT2D eigenvalue weighted by atomic mass is 10.2. The largest absolute Gasteiger partial charge is 0.481 e. The van der Waals surface area contributed by atoms with Gasteiger partial charge in [-0.2, -0.15) is 0 Å². The maximum Gasteiger partial charge on any atom is 0.307 e. The Bertz CT molecular complexity index is 698. The van der Waals surface area contributed by atoms with Gasteiger partial charge in [0.2, 0.25) is 5.91 Å². The van der Waals surface area contributed by atoms with Gasteiger partial charge in [0.15, 0.2) is 0 Å². The molecule has 3 atom stereocenters. The van der Waals surface area contributed by atoms with E-state index in [4.69, 9.17) is 5.11 Å². The third-order valence-electron chi connectivity index (χ3n) is 3.77. The van der Waals surface area contributed by atoms with Crippen LogP contribution in [0.3, 0.4) is 0 Å². The number of hydrogen-bond acceptors (Lipinski definition) is 4. The highest BCUT2D eigenvalue weighted by Crippen LogP contribution is 2.39. The van der Waals surface area contributed by atoms with Crippen LogP contribution in [0.4, 0.5) is 0 Å². The highest BCUT2D eigenvalue weighted by molar-refractivity contribution is 7.10. The number of carbonyl (C=O) groups excluding carboxylic acids is 1. The van der Waals surface area contributed by atoms with E-state index in [0.717, 1.165) is 16.3 Å². The van der Waals surface area contributed by atoms with Crippen LogP contribution in [0.25, 0.3) is 11.3 Å². The molecule has 5 nitrogen and oxygen atoms in total. The molecule has 0 radical (unpaired) electrons. The number of amides is 1. The fourth-order valence-electron chi connectivity index (χ4n) is 2.37. The molecule has 0 saturated heterocycles. The number of nitrogens with one attached hydrogen (secondary N) is 1. The van der Waals surface area contributed by atoms with Crippen molar-refractivity contribution >= 4 is 23.2 Å². The summed E-state index contributed by atoms with van der Waals surface area (Å²) in [5, 5.41) is 14.5. The van der Waals surface area contributed by atoms with Crippen LogP contribution < -0.4 is 5.32 Å². The zero-order chi connectivity index (χ0) is 15.7. The quantitative estimate of drug-likeness (QED) is 0.889. The molecule has 1 fully saturated rings. The molecule has 2 aromatic rings. The van der Waals surface area contributed by atoms with Gasteiger partial charge in [0.05, 0.1) is 23.6 Å². The maximum atomic E-state index is 12.0. The summed E-state index contributed by atoms with van der Waals surface area (Å²) in [5.41, 5.74) is 1.92. The van der Waals surface area contributed by atoms with Crippen molar-refractivity contribution in [1.82, 2.24) is 10.3 Å². The highest BCUT2D eigenvalue weighted by Gasteiger charge is 2.48. The summed E-state index contributed by atoms with van der Waals surface area (Å²) in [6, 6.07) is 9.63. The molecule has 1 aliphatic carbocycles. The van der Waals surface area contributed by atoms with Gasteiger partial charge < -0.3 is 10.4 Å². The van der Waals surface area contributed by atoms with Crippen LogP contribution in [0.15, 0.2) is 35.7 Å². The molecule has 1 aromatic heterocycles. The number of hydrogen-bond donors (Lipinski definition) is 2. The predicted molar refractivity (Wildman–Crippen MR) is 83.3 cm³/mol. The number of nitrogens with zero attached hydrogens (tertiary/aromatic N) is 1. The molecule has 22 heavy (non-hydrogen) atoms. The summed E-state index contributed by atoms with van der Waals surface area (Å²) in [6.45, 7) is 1.86. The summed E-state index contributed by atoms with van der Waals surface area (Å²) < 4.78 is 0. The van der Waals surface area contributed by atoms with Gasteiger partial charge in [0.25, 0.3) is 0 Å². The third kappa shape index (κ3) is 3.01. The van der Waals surface area contributed by atoms with E-state index in [2.05, 4.69) is 10.3 Å². The molecule has 1 heterocycles. The van der Waals surface area contributed by atoms with Crippen LogP contribution in [-0.4, -0.2) is 22.0 Å². The highest BCUT2D eigenvalue weighted by atomic mass is 32.1. The van der Waals surface area contributed by atoms with Gasteiger partial charge in [-0.3, -0.25) is 9.59 Å². The van der Waals surface area contributed by atoms with Gasteiger partial charge in [-0.15, -0.1) is 11.3 Å². The molecule has 1 saturated carbocycles. The number of aliphatic carboxylic acids is 1. The first-order valence-electron chi connectivity index (χ1n) is 7.10. The van der Waals surface area contributed by atoms with Crippen LogP contribution in [-0.2, 0) is 9.59 Å². The van der Waals surface area contributed by atoms with E-state index in [1.165, 1.54) is 11.3 Å². The molecule has 114 valence electrons. The van der Waals surface area contributed by atoms with Crippen LogP contribution in [0, 0.1) is 11.8 Å². The molecule has 0 bridgehead atoms. The van der Waals surface area contributed by atoms with E-state index >= 15 is 0 Å². The minimum absolute atomic E-state index is 0.198. The monoisotopic (exact) mass is 316 g/mol. The Morgan fingerprint density at radius 2 is 2.05 bits per heavy atom. The van der Waals surface area contributed by atoms with Crippen molar-refractivity contribution in [2.75, 3.05) is 0 Å². The van der Waals surface area contributed by atoms with Crippen molar-refractivity contribution in [2.45, 2.75) is 19.4 Å². The molecule has 0 aliphatic heterocycles. The Morgan fingerprint density at radius 3 is 2.68 bits per heavy atom. The van der Waals surface area contributed by atoms with Crippen LogP contribution in [0.5, 0.6) is 0 Å². The molecular formula is C16H16N2O3S. The lowest BCUT2D eigenvalue weighted by Crippen LogP contribution is -2.29. The van der Waals surface area contributed by atoms with Gasteiger partial charge in [-0.25, -0.2) is 4.98 Å². The van der Waals surface area contributed by atoms with Crippen molar-refractivity contribution in [1.29, 1.82) is 0 Å². The second-order valence-corrected chi connectivity index (χ2v) is 6.34. The summed E-state index contributed by atoms with van der Waals surface area (Å²) in [4.78, 5) is 27.3. The minimum Gasteiger partial charge on any atom is -0.481 e. The zero-order valence-corrected chi connectivity index (χ0v) is 12.8. The molecule has 6 heteroatoms. The van der Waals surface area contributed by atoms with E-state index in [0.29, 0.717) is 6.42 Å². The van der Waals surface area contributed by atoms with E-state index < -0.39 is 17.8 Å². The SMILES string of the molecule is CC(NC(=O)C1CC1C(=O)O)c1nc(-c2ccccc2)cs1. The van der Waals surface area contributed by atoms with E-state index in [1.807, 2.05) is 42.6 Å². The number of carboxylic acids is 1. The smallest absolute Gasteiger partial charge is 0.307 e. The predicted octanol–water partition coefficient (Wildman–Crippen LogP) is 2.71. The van der Waals surface area contributed by atoms with Crippen molar-refractivity contribution in [2.24, 2.45) is 11.8 Å². The van der Waals surface area contributed by atoms with Crippen molar-refractivity contribution in [3.05, 3.63) is 40.7 Å². The number of thiazole rings is 1. The lowest BCUT2D eigenvalue weighted by Gasteiger charge is -2.10. The Morgan fingerprint density at radius 1 is 1.32 bits per heavy atom. The Labute approximate surface area is 132 Å². The maximum absolute atomic E-state index is 12.0. The van der Waals surface area contributed by atoms with Crippen LogP contribution in [0.1, 0.15) is 24.4 Å². The van der Waals surface area contributed by atoms with E-state index in [1.54, 1.807) is 0 Å². The summed E-state index contributed by atoms with van der Waals surface area (Å²) >= 11 is 1.49. The van der Waals surface area contributed by atoms with E-state index in [9.17, 15) is 9.59 Å². The summed E-state index contributed by atoms with van der Waals surface area (Å²) in [5.74, 6) is -2.01. The molecule has 3 unspecified atom stereocenters. The van der Waals surface area contributed by atoms with Crippen molar-refractivity contribution < 1.29 is 14.7 Å². The number of rotatable bonds is 5. The zero-order valence-electron chi connectivity index (χ0n) is 12.0. The third-order valence-corrected chi connectivity index (χ3v) is 4.79. The van der Waals surface area contributed by atoms with Gasteiger partial charge in [0.1, 0.15) is 5.01 Å². The lowest BCUT2D eigenvalue weighted by molar-refractivity contribution is -0.140. The van der Waals surface area contributed by atoms with Crippen molar-refractivity contribution in [3.8, 4) is 11.3 Å². The molecule has 2 N–H and O–H groups in total. The standard InChI is InChI=1S/C16H16N2O3S/c1-9(17-14(19)11-7-12(11)16(20)21)15-18-13(8-22-15)10-5-3-2-4-6-10/h2-6,8-9,11-12H,7H2,1H3,(H,17,19)(H,20,21). The van der Waals surface area contributed by atoms with Crippen LogP contribution in [0.2, 0.25) is 0 Å². The number of carboxylic acid groups (broad SMARTS) is 1. The van der Waals surface area contributed by atoms with Gasteiger partial charge in [-0.1, -0.05) is 30.3 Å².